The normalized spacial score (nSPS) is 19.5. The van der Waals surface area contributed by atoms with Crippen molar-refractivity contribution in [1.82, 2.24) is 5.32 Å². The molecule has 230 valence electrons. The number of anilines is 2. The molecule has 0 radical (unpaired) electrons. The third-order valence-electron chi connectivity index (χ3n) is 9.33. The minimum absolute atomic E-state index is 0.0143. The number of amides is 1. The number of nitrogens with zero attached hydrogens (tertiary/aromatic N) is 2. The lowest BCUT2D eigenvalue weighted by Gasteiger charge is -2.41. The van der Waals surface area contributed by atoms with E-state index in [-0.39, 0.29) is 31.6 Å². The summed E-state index contributed by atoms with van der Waals surface area (Å²) in [5, 5.41) is 2.92. The molecule has 4 heterocycles. The molecule has 7 nitrogen and oxygen atoms in total. The monoisotopic (exact) mass is 673 g/mol. The minimum atomic E-state index is -1.44. The molecule has 4 aliphatic rings. The summed E-state index contributed by atoms with van der Waals surface area (Å²) in [6.45, 7) is 5.55. The molecule has 1 unspecified atom stereocenters. The van der Waals surface area contributed by atoms with E-state index >= 15 is 0 Å². The molecule has 0 fully saturated rings. The van der Waals surface area contributed by atoms with Gasteiger partial charge in [0.05, 0.1) is 25.7 Å². The molecule has 11 heteroatoms. The highest BCUT2D eigenvalue weighted by Crippen LogP contribution is 2.62. The Balaban J connectivity index is 1.46. The first kappa shape index (κ1) is 29.8. The molecule has 44 heavy (non-hydrogen) atoms. The van der Waals surface area contributed by atoms with Gasteiger partial charge in [0, 0.05) is 79.8 Å². The summed E-state index contributed by atoms with van der Waals surface area (Å²) in [7, 11) is 1.65. The fourth-order valence-electron chi connectivity index (χ4n) is 7.25. The number of hydrogen-bond donors (Lipinski definition) is 1. The molecular formula is C33H31Cl4N3O4. The number of carbonyl (C=O) groups is 2. The van der Waals surface area contributed by atoms with Gasteiger partial charge >= 0.3 is 5.97 Å². The number of ether oxygens (including phenoxy) is 2. The second kappa shape index (κ2) is 11.2. The maximum Gasteiger partial charge on any atom is 0.341 e. The summed E-state index contributed by atoms with van der Waals surface area (Å²) in [6.07, 6.45) is 4.85. The number of fused-ring (bicyclic) bond motifs is 8. The van der Waals surface area contributed by atoms with Crippen molar-refractivity contribution >= 4 is 69.7 Å². The topological polar surface area (TPSA) is 71.1 Å². The van der Waals surface area contributed by atoms with E-state index in [0.29, 0.717) is 34.6 Å². The second-order valence-electron chi connectivity index (χ2n) is 11.7. The van der Waals surface area contributed by atoms with E-state index in [9.17, 15) is 9.59 Å². The third-order valence-corrected chi connectivity index (χ3v) is 11.1. The van der Waals surface area contributed by atoms with E-state index in [0.717, 1.165) is 80.8 Å². The van der Waals surface area contributed by atoms with Crippen LogP contribution in [-0.2, 0) is 28.0 Å². The van der Waals surface area contributed by atoms with Gasteiger partial charge < -0.3 is 24.6 Å². The van der Waals surface area contributed by atoms with Gasteiger partial charge in [-0.05, 0) is 62.3 Å². The predicted molar refractivity (Wildman–Crippen MR) is 175 cm³/mol. The van der Waals surface area contributed by atoms with Crippen LogP contribution >= 0.6 is 46.4 Å². The molecule has 3 aromatic rings. The van der Waals surface area contributed by atoms with Crippen LogP contribution in [0.4, 0.5) is 11.4 Å². The lowest BCUT2D eigenvalue weighted by Crippen LogP contribution is -2.36. The van der Waals surface area contributed by atoms with Crippen LogP contribution < -0.4 is 19.9 Å². The molecule has 1 amide bonds. The number of rotatable bonds is 5. The van der Waals surface area contributed by atoms with Crippen molar-refractivity contribution in [2.75, 3.05) is 43.0 Å². The minimum Gasteiger partial charge on any atom is -0.456 e. The largest absolute Gasteiger partial charge is 0.456 e. The highest BCUT2D eigenvalue weighted by molar-refractivity contribution is 6.53. The summed E-state index contributed by atoms with van der Waals surface area (Å²) < 4.78 is 13.2. The van der Waals surface area contributed by atoms with E-state index in [1.807, 2.05) is 6.07 Å². The molecule has 1 spiro atoms. The molecule has 0 bridgehead atoms. The average molecular weight is 675 g/mol. The fraction of sp³-hybridized carbons (Fsp3) is 0.394. The third kappa shape index (κ3) is 4.38. The Labute approximate surface area is 276 Å². The van der Waals surface area contributed by atoms with Crippen molar-refractivity contribution in [1.29, 1.82) is 0 Å². The van der Waals surface area contributed by atoms with Crippen molar-refractivity contribution in [3.63, 3.8) is 0 Å². The Morgan fingerprint density at radius 3 is 2.09 bits per heavy atom. The maximum absolute atomic E-state index is 13.8. The predicted octanol–water partition coefficient (Wildman–Crippen LogP) is 7.92. The zero-order valence-electron chi connectivity index (χ0n) is 24.4. The first-order valence-corrected chi connectivity index (χ1v) is 16.5. The zero-order chi connectivity index (χ0) is 30.9. The number of esters is 1. The maximum atomic E-state index is 13.8. The number of halogens is 4. The van der Waals surface area contributed by atoms with E-state index in [2.05, 4.69) is 40.2 Å². The van der Waals surface area contributed by atoms with Gasteiger partial charge in [-0.15, -0.1) is 0 Å². The Morgan fingerprint density at radius 2 is 1.48 bits per heavy atom. The van der Waals surface area contributed by atoms with E-state index < -0.39 is 11.6 Å². The molecular weight excluding hydrogens is 644 g/mol. The molecule has 7 rings (SSSR count). The standard InChI is InChI=1S/C33H31Cl4N3O4/c1-3-39-10-4-7-17-13-19-23(15-21(17)39)43-24-16-22-18(8-5-11-40(22)12-6-9-25(41)38-2)14-20(24)33(19)27-26(32(42)44-33)28(34)30(36)31(37)29(27)35/h13-16H,3-12H2,1-2H3,(H,38,41). The van der Waals surface area contributed by atoms with Gasteiger partial charge in [-0.2, -0.15) is 0 Å². The van der Waals surface area contributed by atoms with Crippen molar-refractivity contribution < 1.29 is 19.1 Å². The van der Waals surface area contributed by atoms with E-state index in [1.165, 1.54) is 0 Å². The number of benzene rings is 3. The molecule has 1 N–H and O–H groups in total. The first-order chi connectivity index (χ1) is 21.2. The van der Waals surface area contributed by atoms with E-state index in [1.54, 1.807) is 7.05 Å². The average Bonchev–Trinajstić information content (AvgIpc) is 3.34. The quantitative estimate of drug-likeness (QED) is 0.168. The smallest absolute Gasteiger partial charge is 0.341 e. The van der Waals surface area contributed by atoms with Gasteiger partial charge in [0.1, 0.15) is 11.5 Å². The molecule has 3 aromatic carbocycles. The van der Waals surface area contributed by atoms with Gasteiger partial charge in [-0.3, -0.25) is 4.79 Å². The van der Waals surface area contributed by atoms with Crippen LogP contribution in [0.15, 0.2) is 24.3 Å². The molecule has 1 atom stereocenters. The van der Waals surface area contributed by atoms with E-state index in [4.69, 9.17) is 55.9 Å². The Kier molecular flexibility index (Phi) is 7.60. The molecule has 0 saturated carbocycles. The fourth-order valence-corrected chi connectivity index (χ4v) is 8.31. The summed E-state index contributed by atoms with van der Waals surface area (Å²) in [4.78, 5) is 30.3. The Hall–Kier alpha value is -2.84. The van der Waals surface area contributed by atoms with Crippen molar-refractivity contribution in [2.24, 2.45) is 0 Å². The van der Waals surface area contributed by atoms with Crippen LogP contribution in [0.1, 0.15) is 70.8 Å². The van der Waals surface area contributed by atoms with Crippen LogP contribution in [0, 0.1) is 0 Å². The summed E-state index contributed by atoms with van der Waals surface area (Å²) in [6, 6.07) is 8.25. The number of carbonyl (C=O) groups excluding carboxylic acids is 2. The summed E-state index contributed by atoms with van der Waals surface area (Å²) in [5.41, 5.74) is 4.81. The van der Waals surface area contributed by atoms with Crippen LogP contribution in [-0.4, -0.2) is 45.1 Å². The van der Waals surface area contributed by atoms with Crippen LogP contribution in [0.3, 0.4) is 0 Å². The first-order valence-electron chi connectivity index (χ1n) is 15.0. The molecule has 0 saturated heterocycles. The van der Waals surface area contributed by atoms with Crippen molar-refractivity contribution in [2.45, 2.75) is 51.0 Å². The van der Waals surface area contributed by atoms with Gasteiger partial charge in [-0.1, -0.05) is 46.4 Å². The zero-order valence-corrected chi connectivity index (χ0v) is 27.4. The Morgan fingerprint density at radius 1 is 0.886 bits per heavy atom. The van der Waals surface area contributed by atoms with Gasteiger partial charge in [-0.25, -0.2) is 4.79 Å². The van der Waals surface area contributed by atoms with Crippen LogP contribution in [0.2, 0.25) is 20.1 Å². The SMILES string of the molecule is CCN1CCCc2cc3c(cc21)Oc1cc2c(cc1C31OC(=O)c3c(Cl)c(Cl)c(Cl)c(Cl)c31)CCCN2CCCC(=O)NC. The number of aryl methyl sites for hydroxylation is 2. The Bertz CT molecular complexity index is 1750. The number of nitrogens with one attached hydrogen (secondary N) is 1. The van der Waals surface area contributed by atoms with Gasteiger partial charge in [0.15, 0.2) is 5.60 Å². The highest BCUT2D eigenvalue weighted by atomic mass is 35.5. The van der Waals surface area contributed by atoms with Gasteiger partial charge in [0.2, 0.25) is 5.91 Å². The number of hydrogen-bond acceptors (Lipinski definition) is 6. The van der Waals surface area contributed by atoms with Gasteiger partial charge in [0.25, 0.3) is 0 Å². The lowest BCUT2D eigenvalue weighted by molar-refractivity contribution is -0.120. The molecule has 0 aromatic heterocycles. The lowest BCUT2D eigenvalue weighted by atomic mass is 9.75. The molecule has 4 aliphatic heterocycles. The van der Waals surface area contributed by atoms with Crippen LogP contribution in [0.25, 0.3) is 0 Å². The van der Waals surface area contributed by atoms with Crippen molar-refractivity contribution in [3.05, 3.63) is 77.7 Å². The van der Waals surface area contributed by atoms with Crippen molar-refractivity contribution in [3.8, 4) is 11.5 Å². The highest BCUT2D eigenvalue weighted by Gasteiger charge is 2.57. The summed E-state index contributed by atoms with van der Waals surface area (Å²) >= 11 is 26.8. The molecule has 0 aliphatic carbocycles. The second-order valence-corrected chi connectivity index (χ2v) is 13.2. The van der Waals surface area contributed by atoms with Crippen LogP contribution in [0.5, 0.6) is 11.5 Å². The summed E-state index contributed by atoms with van der Waals surface area (Å²) in [5.74, 6) is 0.547.